The maximum Gasteiger partial charge on any atom is 0.416 e. The first kappa shape index (κ1) is 23.1. The van der Waals surface area contributed by atoms with Crippen molar-refractivity contribution in [2.45, 2.75) is 11.1 Å². The highest BCUT2D eigenvalue weighted by atomic mass is 32.2. The molecule has 0 bridgehead atoms. The minimum Gasteiger partial charge on any atom is -0.366 e. The van der Waals surface area contributed by atoms with E-state index >= 15 is 0 Å². The van der Waals surface area contributed by atoms with E-state index in [9.17, 15) is 31.2 Å². The topological polar surface area (TPSA) is 110 Å². The SMILES string of the molecule is C=CCN(CC(=O)Nc1ccc(C(N)=O)cc1)S(=O)(=O)c1cccc(C(F)(F)F)c1. The van der Waals surface area contributed by atoms with Gasteiger partial charge in [0.1, 0.15) is 0 Å². The third kappa shape index (κ3) is 5.67. The Balaban J connectivity index is 2.22. The van der Waals surface area contributed by atoms with Gasteiger partial charge in [0.2, 0.25) is 21.8 Å². The van der Waals surface area contributed by atoms with Crippen LogP contribution in [-0.2, 0) is 21.0 Å². The molecule has 0 radical (unpaired) electrons. The smallest absolute Gasteiger partial charge is 0.366 e. The number of anilines is 1. The molecule has 0 aliphatic heterocycles. The fourth-order valence-electron chi connectivity index (χ4n) is 2.45. The van der Waals surface area contributed by atoms with Gasteiger partial charge < -0.3 is 11.1 Å². The number of nitrogens with zero attached hydrogens (tertiary/aromatic N) is 1. The highest BCUT2D eigenvalue weighted by Gasteiger charge is 2.33. The quantitative estimate of drug-likeness (QED) is 0.614. The zero-order valence-corrected chi connectivity index (χ0v) is 16.3. The Labute approximate surface area is 171 Å². The monoisotopic (exact) mass is 441 g/mol. The van der Waals surface area contributed by atoms with Gasteiger partial charge in [-0.1, -0.05) is 12.1 Å². The lowest BCUT2D eigenvalue weighted by molar-refractivity contribution is -0.137. The lowest BCUT2D eigenvalue weighted by Gasteiger charge is -2.21. The van der Waals surface area contributed by atoms with E-state index in [1.54, 1.807) is 0 Å². The van der Waals surface area contributed by atoms with Crippen LogP contribution in [-0.4, -0.2) is 37.6 Å². The van der Waals surface area contributed by atoms with Crippen molar-refractivity contribution in [1.29, 1.82) is 0 Å². The molecule has 11 heteroatoms. The second-order valence-electron chi connectivity index (χ2n) is 6.10. The Kier molecular flexibility index (Phi) is 7.00. The minimum absolute atomic E-state index is 0.216. The molecule has 0 aliphatic carbocycles. The van der Waals surface area contributed by atoms with E-state index in [0.717, 1.165) is 18.2 Å². The van der Waals surface area contributed by atoms with Crippen molar-refractivity contribution < 1.29 is 31.2 Å². The molecule has 0 saturated carbocycles. The molecule has 0 unspecified atom stereocenters. The summed E-state index contributed by atoms with van der Waals surface area (Å²) in [4.78, 5) is 22.8. The zero-order chi connectivity index (χ0) is 22.5. The summed E-state index contributed by atoms with van der Waals surface area (Å²) in [6.07, 6.45) is -3.51. The summed E-state index contributed by atoms with van der Waals surface area (Å²) >= 11 is 0. The summed E-state index contributed by atoms with van der Waals surface area (Å²) in [5.41, 5.74) is 4.50. The average Bonchev–Trinajstić information content (AvgIpc) is 2.67. The summed E-state index contributed by atoms with van der Waals surface area (Å²) < 4.78 is 65.0. The fraction of sp³-hybridized carbons (Fsp3) is 0.158. The molecular weight excluding hydrogens is 423 g/mol. The van der Waals surface area contributed by atoms with E-state index < -0.39 is 45.0 Å². The predicted octanol–water partition coefficient (Wildman–Crippen LogP) is 2.62. The summed E-state index contributed by atoms with van der Waals surface area (Å²) in [7, 11) is -4.41. The highest BCUT2D eigenvalue weighted by Crippen LogP contribution is 2.31. The van der Waals surface area contributed by atoms with Gasteiger partial charge >= 0.3 is 6.18 Å². The molecule has 0 saturated heterocycles. The summed E-state index contributed by atoms with van der Waals surface area (Å²) in [6, 6.07) is 8.79. The number of rotatable bonds is 8. The Morgan fingerprint density at radius 3 is 2.30 bits per heavy atom. The number of primary amides is 1. The fourth-order valence-corrected chi connectivity index (χ4v) is 3.87. The van der Waals surface area contributed by atoms with Gasteiger partial charge in [-0.15, -0.1) is 6.58 Å². The van der Waals surface area contributed by atoms with Crippen LogP contribution in [0.2, 0.25) is 0 Å². The average molecular weight is 441 g/mol. The van der Waals surface area contributed by atoms with E-state index in [-0.39, 0.29) is 17.8 Å². The van der Waals surface area contributed by atoms with Crippen molar-refractivity contribution in [3.8, 4) is 0 Å². The molecule has 160 valence electrons. The van der Waals surface area contributed by atoms with Crippen molar-refractivity contribution in [1.82, 2.24) is 4.31 Å². The predicted molar refractivity (Wildman–Crippen MR) is 104 cm³/mol. The standard InChI is InChI=1S/C19H18F3N3O4S/c1-2-10-25(12-17(26)24-15-8-6-13(7-9-15)18(23)27)30(28,29)16-5-3-4-14(11-16)19(20,21)22/h2-9,11H,1,10,12H2,(H2,23,27)(H,24,26). The summed E-state index contributed by atoms with van der Waals surface area (Å²) in [6.45, 7) is 2.46. The third-order valence-corrected chi connectivity index (χ3v) is 5.71. The van der Waals surface area contributed by atoms with Gasteiger partial charge in [0, 0.05) is 17.8 Å². The van der Waals surface area contributed by atoms with Gasteiger partial charge in [0.25, 0.3) is 0 Å². The van der Waals surface area contributed by atoms with Crippen LogP contribution in [0, 0.1) is 0 Å². The van der Waals surface area contributed by atoms with Crippen LogP contribution in [0.1, 0.15) is 15.9 Å². The van der Waals surface area contributed by atoms with Crippen LogP contribution < -0.4 is 11.1 Å². The Hall–Kier alpha value is -3.18. The number of halogens is 3. The maximum absolute atomic E-state index is 12.9. The molecule has 0 heterocycles. The van der Waals surface area contributed by atoms with Crippen molar-refractivity contribution in [2.24, 2.45) is 5.73 Å². The molecule has 2 amide bonds. The number of alkyl halides is 3. The summed E-state index contributed by atoms with van der Waals surface area (Å²) in [5, 5.41) is 2.44. The van der Waals surface area contributed by atoms with E-state index in [1.807, 2.05) is 0 Å². The number of nitrogens with one attached hydrogen (secondary N) is 1. The van der Waals surface area contributed by atoms with Crippen molar-refractivity contribution in [3.63, 3.8) is 0 Å². The molecule has 2 aromatic carbocycles. The van der Waals surface area contributed by atoms with E-state index in [1.165, 1.54) is 30.3 Å². The molecule has 0 spiro atoms. The zero-order valence-electron chi connectivity index (χ0n) is 15.5. The van der Waals surface area contributed by atoms with Gasteiger partial charge in [0.05, 0.1) is 17.0 Å². The minimum atomic E-state index is -4.72. The van der Waals surface area contributed by atoms with E-state index in [4.69, 9.17) is 5.73 Å². The number of amides is 2. The maximum atomic E-state index is 12.9. The van der Waals surface area contributed by atoms with Gasteiger partial charge in [-0.3, -0.25) is 9.59 Å². The number of sulfonamides is 1. The number of hydrogen-bond acceptors (Lipinski definition) is 4. The van der Waals surface area contributed by atoms with Crippen LogP contribution in [0.15, 0.2) is 66.1 Å². The second kappa shape index (κ2) is 9.09. The van der Waals surface area contributed by atoms with Gasteiger partial charge in [0.15, 0.2) is 0 Å². The van der Waals surface area contributed by atoms with Gasteiger partial charge in [-0.25, -0.2) is 8.42 Å². The normalized spacial score (nSPS) is 11.9. The molecule has 3 N–H and O–H groups in total. The van der Waals surface area contributed by atoms with Crippen molar-refractivity contribution in [3.05, 3.63) is 72.3 Å². The molecule has 30 heavy (non-hydrogen) atoms. The largest absolute Gasteiger partial charge is 0.416 e. The Morgan fingerprint density at radius 1 is 1.13 bits per heavy atom. The Morgan fingerprint density at radius 2 is 1.77 bits per heavy atom. The number of carbonyl (C=O) groups excluding carboxylic acids is 2. The molecule has 2 rings (SSSR count). The third-order valence-electron chi connectivity index (χ3n) is 3.91. The van der Waals surface area contributed by atoms with Crippen LogP contribution in [0.5, 0.6) is 0 Å². The van der Waals surface area contributed by atoms with Gasteiger partial charge in [-0.05, 0) is 42.5 Å². The van der Waals surface area contributed by atoms with Crippen LogP contribution >= 0.6 is 0 Å². The second-order valence-corrected chi connectivity index (χ2v) is 8.04. The van der Waals surface area contributed by atoms with Crippen LogP contribution in [0.4, 0.5) is 18.9 Å². The molecular formula is C19H18F3N3O4S. The lowest BCUT2D eigenvalue weighted by Crippen LogP contribution is -2.38. The van der Waals surface area contributed by atoms with E-state index in [0.29, 0.717) is 10.4 Å². The first-order valence-corrected chi connectivity index (χ1v) is 9.87. The van der Waals surface area contributed by atoms with Crippen LogP contribution in [0.25, 0.3) is 0 Å². The Bertz CT molecular complexity index is 1050. The lowest BCUT2D eigenvalue weighted by atomic mass is 10.2. The molecule has 0 aliphatic rings. The van der Waals surface area contributed by atoms with Crippen LogP contribution in [0.3, 0.4) is 0 Å². The number of carbonyl (C=O) groups is 2. The van der Waals surface area contributed by atoms with Crippen molar-refractivity contribution >= 4 is 27.5 Å². The first-order valence-electron chi connectivity index (χ1n) is 8.43. The number of benzene rings is 2. The molecule has 0 aromatic heterocycles. The first-order chi connectivity index (χ1) is 13.9. The summed E-state index contributed by atoms with van der Waals surface area (Å²) in [5.74, 6) is -1.39. The van der Waals surface area contributed by atoms with Crippen molar-refractivity contribution in [2.75, 3.05) is 18.4 Å². The van der Waals surface area contributed by atoms with E-state index in [2.05, 4.69) is 11.9 Å². The molecule has 7 nitrogen and oxygen atoms in total. The van der Waals surface area contributed by atoms with Gasteiger partial charge in [-0.2, -0.15) is 17.5 Å². The number of hydrogen-bond donors (Lipinski definition) is 2. The number of nitrogens with two attached hydrogens (primary N) is 1. The molecule has 2 aromatic rings. The highest BCUT2D eigenvalue weighted by molar-refractivity contribution is 7.89. The molecule has 0 fully saturated rings. The molecule has 0 atom stereocenters.